The molecule has 0 aliphatic carbocycles. The molecule has 6 nitrogen and oxygen atoms in total. The first-order chi connectivity index (χ1) is 12.9. The number of halogens is 1. The summed E-state index contributed by atoms with van der Waals surface area (Å²) >= 11 is 6.36. The lowest BCUT2D eigenvalue weighted by Gasteiger charge is -2.13. The van der Waals surface area contributed by atoms with Crippen molar-refractivity contribution in [3.8, 4) is 0 Å². The Morgan fingerprint density at radius 2 is 1.81 bits per heavy atom. The van der Waals surface area contributed by atoms with Crippen molar-refractivity contribution in [3.63, 3.8) is 0 Å². The van der Waals surface area contributed by atoms with Gasteiger partial charge in [0, 0.05) is 24.5 Å². The first-order valence-corrected chi connectivity index (χ1v) is 8.80. The van der Waals surface area contributed by atoms with E-state index in [1.54, 1.807) is 12.3 Å². The first kappa shape index (κ1) is 18.7. The molecule has 0 radical (unpaired) electrons. The number of carbonyl (C=O) groups is 1. The quantitative estimate of drug-likeness (QED) is 0.566. The fourth-order valence-electron chi connectivity index (χ4n) is 2.70. The summed E-state index contributed by atoms with van der Waals surface area (Å²) in [7, 11) is 0. The number of hydrogen-bond donors (Lipinski definition) is 3. The van der Waals surface area contributed by atoms with Gasteiger partial charge in [0.25, 0.3) is 0 Å². The Bertz CT molecular complexity index is 967. The number of amides is 1. The lowest BCUT2D eigenvalue weighted by molar-refractivity contribution is -0.114. The molecule has 0 atom stereocenters. The van der Waals surface area contributed by atoms with Gasteiger partial charge in [0.15, 0.2) is 0 Å². The fraction of sp³-hybridized carbons (Fsp3) is 0.150. The number of hydrogen-bond acceptors (Lipinski definition) is 5. The Balaban J connectivity index is 1.79. The molecule has 1 heterocycles. The molecule has 0 aliphatic heterocycles. The number of carbonyl (C=O) groups excluding carboxylic acids is 1. The summed E-state index contributed by atoms with van der Waals surface area (Å²) in [6, 6.07) is 13.1. The third kappa shape index (κ3) is 4.95. The van der Waals surface area contributed by atoms with Crippen LogP contribution >= 0.6 is 11.6 Å². The molecule has 0 fully saturated rings. The van der Waals surface area contributed by atoms with E-state index in [9.17, 15) is 4.79 Å². The number of nitrogens with zero attached hydrogens (tertiary/aromatic N) is 2. The number of aryl methyl sites for hydroxylation is 2. The standard InChI is InChI=1S/C20H20ClN5O/c1-12-9-13(2)19(17(21)10-12)25-18-7-8-22-20(26-18)24-16-6-4-5-15(11-16)23-14(3)27/h4-11H,1-3H3,(H,23,27)(H2,22,24,25,26). The van der Waals surface area contributed by atoms with Gasteiger partial charge in [-0.15, -0.1) is 0 Å². The van der Waals surface area contributed by atoms with E-state index in [4.69, 9.17) is 11.6 Å². The highest BCUT2D eigenvalue weighted by atomic mass is 35.5. The molecule has 0 saturated heterocycles. The monoisotopic (exact) mass is 381 g/mol. The van der Waals surface area contributed by atoms with E-state index in [2.05, 4.69) is 32.0 Å². The predicted octanol–water partition coefficient (Wildman–Crippen LogP) is 5.19. The van der Waals surface area contributed by atoms with Crippen molar-refractivity contribution in [1.29, 1.82) is 0 Å². The molecule has 27 heavy (non-hydrogen) atoms. The van der Waals surface area contributed by atoms with Crippen molar-refractivity contribution in [2.45, 2.75) is 20.8 Å². The zero-order valence-electron chi connectivity index (χ0n) is 15.3. The second-order valence-corrected chi connectivity index (χ2v) is 6.62. The Labute approximate surface area is 163 Å². The van der Waals surface area contributed by atoms with Crippen molar-refractivity contribution in [1.82, 2.24) is 9.97 Å². The number of aromatic nitrogens is 2. The van der Waals surface area contributed by atoms with E-state index in [0.717, 1.165) is 22.5 Å². The van der Waals surface area contributed by atoms with Crippen LogP contribution in [0, 0.1) is 13.8 Å². The molecule has 3 aromatic rings. The van der Waals surface area contributed by atoms with Crippen molar-refractivity contribution in [2.75, 3.05) is 16.0 Å². The number of rotatable bonds is 5. The second kappa shape index (κ2) is 8.05. The van der Waals surface area contributed by atoms with Crippen LogP contribution in [-0.4, -0.2) is 15.9 Å². The molecule has 0 bridgehead atoms. The predicted molar refractivity (Wildman–Crippen MR) is 110 cm³/mol. The minimum absolute atomic E-state index is 0.125. The van der Waals surface area contributed by atoms with E-state index >= 15 is 0 Å². The average Bonchev–Trinajstić information content (AvgIpc) is 2.58. The number of benzene rings is 2. The lowest BCUT2D eigenvalue weighted by Crippen LogP contribution is -2.06. The Kier molecular flexibility index (Phi) is 5.57. The third-order valence-corrected chi connectivity index (χ3v) is 4.08. The van der Waals surface area contributed by atoms with Gasteiger partial charge in [-0.25, -0.2) is 4.98 Å². The van der Waals surface area contributed by atoms with Crippen LogP contribution in [0.5, 0.6) is 0 Å². The molecule has 0 saturated carbocycles. The van der Waals surface area contributed by atoms with Crippen LogP contribution in [0.3, 0.4) is 0 Å². The Hall–Kier alpha value is -3.12. The number of nitrogens with one attached hydrogen (secondary N) is 3. The SMILES string of the molecule is CC(=O)Nc1cccc(Nc2nccc(Nc3c(C)cc(C)cc3Cl)n2)c1. The summed E-state index contributed by atoms with van der Waals surface area (Å²) in [5.41, 5.74) is 4.43. The van der Waals surface area contributed by atoms with Gasteiger partial charge in [0.2, 0.25) is 11.9 Å². The highest BCUT2D eigenvalue weighted by molar-refractivity contribution is 6.33. The summed E-state index contributed by atoms with van der Waals surface area (Å²) in [6.45, 7) is 5.47. The molecule has 0 unspecified atom stereocenters. The molecule has 1 aromatic heterocycles. The molecule has 3 N–H and O–H groups in total. The Morgan fingerprint density at radius 1 is 1.04 bits per heavy atom. The molecule has 7 heteroatoms. The summed E-state index contributed by atoms with van der Waals surface area (Å²) in [5, 5.41) is 9.77. The van der Waals surface area contributed by atoms with Crippen molar-refractivity contribution in [3.05, 3.63) is 64.8 Å². The van der Waals surface area contributed by atoms with Crippen molar-refractivity contribution in [2.24, 2.45) is 0 Å². The van der Waals surface area contributed by atoms with E-state index < -0.39 is 0 Å². The van der Waals surface area contributed by atoms with Gasteiger partial charge in [-0.1, -0.05) is 23.7 Å². The normalized spacial score (nSPS) is 10.4. The molecule has 1 amide bonds. The van der Waals surface area contributed by atoms with E-state index in [0.29, 0.717) is 22.5 Å². The van der Waals surface area contributed by atoms with Crippen LogP contribution in [-0.2, 0) is 4.79 Å². The first-order valence-electron chi connectivity index (χ1n) is 8.42. The Morgan fingerprint density at radius 3 is 2.56 bits per heavy atom. The topological polar surface area (TPSA) is 78.9 Å². The lowest BCUT2D eigenvalue weighted by atomic mass is 10.1. The highest BCUT2D eigenvalue weighted by Crippen LogP contribution is 2.30. The fourth-order valence-corrected chi connectivity index (χ4v) is 3.07. The molecule has 138 valence electrons. The third-order valence-electron chi connectivity index (χ3n) is 3.78. The smallest absolute Gasteiger partial charge is 0.229 e. The van der Waals surface area contributed by atoms with Crippen LogP contribution in [0.1, 0.15) is 18.1 Å². The number of anilines is 5. The maximum atomic E-state index is 11.2. The molecule has 2 aromatic carbocycles. The van der Waals surface area contributed by atoms with Crippen LogP contribution in [0.4, 0.5) is 28.8 Å². The maximum absolute atomic E-state index is 11.2. The molecular formula is C20H20ClN5O. The van der Waals surface area contributed by atoms with Gasteiger partial charge < -0.3 is 16.0 Å². The minimum atomic E-state index is -0.125. The minimum Gasteiger partial charge on any atom is -0.339 e. The van der Waals surface area contributed by atoms with Crippen molar-refractivity contribution < 1.29 is 4.79 Å². The van der Waals surface area contributed by atoms with Gasteiger partial charge in [-0.05, 0) is 55.3 Å². The zero-order chi connectivity index (χ0) is 19.4. The molecular weight excluding hydrogens is 362 g/mol. The zero-order valence-corrected chi connectivity index (χ0v) is 16.1. The van der Waals surface area contributed by atoms with Crippen LogP contribution in [0.25, 0.3) is 0 Å². The van der Waals surface area contributed by atoms with Crippen molar-refractivity contribution >= 4 is 46.3 Å². The summed E-state index contributed by atoms with van der Waals surface area (Å²) in [5.74, 6) is 0.931. The van der Waals surface area contributed by atoms with E-state index in [1.165, 1.54) is 6.92 Å². The molecule has 3 rings (SSSR count). The van der Waals surface area contributed by atoms with E-state index in [-0.39, 0.29) is 5.91 Å². The van der Waals surface area contributed by atoms with Gasteiger partial charge in [-0.3, -0.25) is 4.79 Å². The second-order valence-electron chi connectivity index (χ2n) is 6.22. The summed E-state index contributed by atoms with van der Waals surface area (Å²) in [6.07, 6.45) is 1.66. The van der Waals surface area contributed by atoms with Crippen LogP contribution in [0.2, 0.25) is 5.02 Å². The summed E-state index contributed by atoms with van der Waals surface area (Å²) < 4.78 is 0. The van der Waals surface area contributed by atoms with Gasteiger partial charge in [0.05, 0.1) is 10.7 Å². The van der Waals surface area contributed by atoms with E-state index in [1.807, 2.05) is 44.2 Å². The van der Waals surface area contributed by atoms with Gasteiger partial charge in [-0.2, -0.15) is 4.98 Å². The van der Waals surface area contributed by atoms with Crippen LogP contribution in [0.15, 0.2) is 48.7 Å². The maximum Gasteiger partial charge on any atom is 0.229 e. The largest absolute Gasteiger partial charge is 0.339 e. The molecule has 0 aliphatic rings. The van der Waals surface area contributed by atoms with Crippen LogP contribution < -0.4 is 16.0 Å². The van der Waals surface area contributed by atoms with Gasteiger partial charge >= 0.3 is 0 Å². The highest BCUT2D eigenvalue weighted by Gasteiger charge is 2.08. The summed E-state index contributed by atoms with van der Waals surface area (Å²) in [4.78, 5) is 19.9. The molecule has 0 spiro atoms. The average molecular weight is 382 g/mol. The van der Waals surface area contributed by atoms with Gasteiger partial charge in [0.1, 0.15) is 5.82 Å².